The third-order valence-electron chi connectivity index (χ3n) is 3.09. The van der Waals surface area contributed by atoms with Crippen LogP contribution in [0.1, 0.15) is 17.3 Å². The average Bonchev–Trinajstić information content (AvgIpc) is 2.48. The largest absolute Gasteiger partial charge is 0.462 e. The number of hydrogen-bond acceptors (Lipinski definition) is 3. The molecule has 1 aromatic carbocycles. The van der Waals surface area contributed by atoms with E-state index in [1.165, 1.54) is 19.1 Å². The zero-order valence-corrected chi connectivity index (χ0v) is 12.6. The minimum Gasteiger partial charge on any atom is -0.462 e. The highest BCUT2D eigenvalue weighted by molar-refractivity contribution is 5.90. The molecule has 2 aromatic rings. The quantitative estimate of drug-likeness (QED) is 0.632. The molecule has 0 bridgehead atoms. The van der Waals surface area contributed by atoms with Crippen molar-refractivity contribution in [2.45, 2.75) is 19.6 Å². The standard InChI is InChI=1S/C16H13F4NO3/c1-2-24-15(23)13-8-21(9-16(18,19)20)7-12(14(13)22)10-3-5-11(17)6-4-10/h3-8H,2,9H2,1H3. The third-order valence-corrected chi connectivity index (χ3v) is 3.09. The van der Waals surface area contributed by atoms with Crippen LogP contribution in [-0.4, -0.2) is 23.3 Å². The van der Waals surface area contributed by atoms with Crippen molar-refractivity contribution in [1.82, 2.24) is 4.57 Å². The lowest BCUT2D eigenvalue weighted by Gasteiger charge is -2.13. The van der Waals surface area contributed by atoms with E-state index in [1.807, 2.05) is 0 Å². The number of benzene rings is 1. The summed E-state index contributed by atoms with van der Waals surface area (Å²) >= 11 is 0. The monoisotopic (exact) mass is 343 g/mol. The maximum Gasteiger partial charge on any atom is 0.406 e. The van der Waals surface area contributed by atoms with Crippen molar-refractivity contribution in [3.8, 4) is 11.1 Å². The summed E-state index contributed by atoms with van der Waals surface area (Å²) in [6.07, 6.45) is -2.76. The van der Waals surface area contributed by atoms with Gasteiger partial charge in [0.15, 0.2) is 0 Å². The molecule has 0 atom stereocenters. The van der Waals surface area contributed by atoms with Crippen molar-refractivity contribution in [2.24, 2.45) is 0 Å². The van der Waals surface area contributed by atoms with Crippen LogP contribution >= 0.6 is 0 Å². The van der Waals surface area contributed by atoms with Crippen molar-refractivity contribution in [3.63, 3.8) is 0 Å². The molecule has 0 aliphatic rings. The number of aromatic nitrogens is 1. The number of esters is 1. The Bertz CT molecular complexity index is 794. The summed E-state index contributed by atoms with van der Waals surface area (Å²) < 4.78 is 56.3. The van der Waals surface area contributed by atoms with Gasteiger partial charge in [-0.2, -0.15) is 13.2 Å². The molecule has 8 heteroatoms. The van der Waals surface area contributed by atoms with Gasteiger partial charge in [0.2, 0.25) is 5.43 Å². The highest BCUT2D eigenvalue weighted by Crippen LogP contribution is 2.21. The van der Waals surface area contributed by atoms with Crippen molar-refractivity contribution in [3.05, 3.63) is 58.3 Å². The van der Waals surface area contributed by atoms with Gasteiger partial charge in [0.05, 0.1) is 6.61 Å². The molecule has 0 aliphatic heterocycles. The number of hydrogen-bond donors (Lipinski definition) is 0. The van der Waals surface area contributed by atoms with E-state index in [4.69, 9.17) is 4.74 Å². The predicted octanol–water partition coefficient (Wildman–Crippen LogP) is 3.39. The van der Waals surface area contributed by atoms with Gasteiger partial charge in [-0.1, -0.05) is 12.1 Å². The highest BCUT2D eigenvalue weighted by atomic mass is 19.4. The minimum absolute atomic E-state index is 0.0294. The number of nitrogens with zero attached hydrogens (tertiary/aromatic N) is 1. The fourth-order valence-electron chi connectivity index (χ4n) is 2.12. The van der Waals surface area contributed by atoms with Crippen molar-refractivity contribution >= 4 is 5.97 Å². The summed E-state index contributed by atoms with van der Waals surface area (Å²) in [5.41, 5.74) is -1.24. The second-order valence-corrected chi connectivity index (χ2v) is 4.93. The van der Waals surface area contributed by atoms with E-state index in [0.717, 1.165) is 24.5 Å². The predicted molar refractivity (Wildman–Crippen MR) is 78.1 cm³/mol. The summed E-state index contributed by atoms with van der Waals surface area (Å²) in [7, 11) is 0. The molecule has 1 aromatic heterocycles. The van der Waals surface area contributed by atoms with E-state index in [0.29, 0.717) is 4.57 Å². The van der Waals surface area contributed by atoms with Gasteiger partial charge in [-0.25, -0.2) is 9.18 Å². The topological polar surface area (TPSA) is 48.3 Å². The zero-order chi connectivity index (χ0) is 17.9. The van der Waals surface area contributed by atoms with Gasteiger partial charge in [0, 0.05) is 18.0 Å². The first kappa shape index (κ1) is 17.7. The first-order chi connectivity index (χ1) is 11.2. The zero-order valence-electron chi connectivity index (χ0n) is 12.6. The van der Waals surface area contributed by atoms with Crippen LogP contribution < -0.4 is 5.43 Å². The van der Waals surface area contributed by atoms with Crippen LogP contribution in [0, 0.1) is 5.82 Å². The van der Waals surface area contributed by atoms with Gasteiger partial charge in [-0.15, -0.1) is 0 Å². The second-order valence-electron chi connectivity index (χ2n) is 4.93. The Morgan fingerprint density at radius 1 is 1.17 bits per heavy atom. The van der Waals surface area contributed by atoms with Crippen LogP contribution in [0.25, 0.3) is 11.1 Å². The lowest BCUT2D eigenvalue weighted by Crippen LogP contribution is -2.25. The lowest BCUT2D eigenvalue weighted by atomic mass is 10.0. The van der Waals surface area contributed by atoms with E-state index in [9.17, 15) is 27.2 Å². The smallest absolute Gasteiger partial charge is 0.406 e. The van der Waals surface area contributed by atoms with E-state index in [1.54, 1.807) is 0 Å². The van der Waals surface area contributed by atoms with Gasteiger partial charge in [-0.05, 0) is 24.6 Å². The number of carbonyl (C=O) groups is 1. The maximum absolute atomic E-state index is 13.0. The molecule has 0 fully saturated rings. The molecule has 0 radical (unpaired) electrons. The summed E-state index contributed by atoms with van der Waals surface area (Å²) in [5.74, 6) is -1.57. The second kappa shape index (κ2) is 6.86. The van der Waals surface area contributed by atoms with E-state index in [2.05, 4.69) is 0 Å². The molecule has 1 heterocycles. The molecular weight excluding hydrogens is 330 g/mol. The van der Waals surface area contributed by atoms with Crippen LogP contribution in [0.15, 0.2) is 41.5 Å². The Labute approximate surface area is 134 Å². The van der Waals surface area contributed by atoms with Crippen LogP contribution in [0.4, 0.5) is 17.6 Å². The molecule has 0 saturated carbocycles. The average molecular weight is 343 g/mol. The van der Waals surface area contributed by atoms with Gasteiger partial charge in [0.25, 0.3) is 0 Å². The van der Waals surface area contributed by atoms with E-state index < -0.39 is 35.5 Å². The summed E-state index contributed by atoms with van der Waals surface area (Å²) in [6.45, 7) is 0.0994. The number of pyridine rings is 1. The Kier molecular flexibility index (Phi) is 5.06. The Hall–Kier alpha value is -2.64. The fraction of sp³-hybridized carbons (Fsp3) is 0.250. The molecule has 4 nitrogen and oxygen atoms in total. The van der Waals surface area contributed by atoms with E-state index in [-0.39, 0.29) is 17.7 Å². The fourth-order valence-corrected chi connectivity index (χ4v) is 2.12. The van der Waals surface area contributed by atoms with Crippen LogP contribution in [0.2, 0.25) is 0 Å². The Balaban J connectivity index is 2.61. The number of carbonyl (C=O) groups excluding carboxylic acids is 1. The number of rotatable bonds is 4. The van der Waals surface area contributed by atoms with Gasteiger partial charge in [0.1, 0.15) is 17.9 Å². The minimum atomic E-state index is -4.54. The van der Waals surface area contributed by atoms with Gasteiger partial charge in [-0.3, -0.25) is 4.79 Å². The van der Waals surface area contributed by atoms with Crippen molar-refractivity contribution in [2.75, 3.05) is 6.61 Å². The third kappa shape index (κ3) is 4.21. The first-order valence-electron chi connectivity index (χ1n) is 6.95. The van der Waals surface area contributed by atoms with Crippen molar-refractivity contribution < 1.29 is 27.1 Å². The Morgan fingerprint density at radius 2 is 1.79 bits per heavy atom. The van der Waals surface area contributed by atoms with Gasteiger partial charge >= 0.3 is 12.1 Å². The number of ether oxygens (including phenoxy) is 1. The molecule has 24 heavy (non-hydrogen) atoms. The first-order valence-corrected chi connectivity index (χ1v) is 6.95. The molecular formula is C16H13F4NO3. The maximum atomic E-state index is 13.0. The number of alkyl halides is 3. The molecule has 128 valence electrons. The normalized spacial score (nSPS) is 11.4. The molecule has 0 N–H and O–H groups in total. The van der Waals surface area contributed by atoms with Crippen molar-refractivity contribution in [1.29, 1.82) is 0 Å². The summed E-state index contributed by atoms with van der Waals surface area (Å²) in [5, 5.41) is 0. The van der Waals surface area contributed by atoms with Gasteiger partial charge < -0.3 is 9.30 Å². The van der Waals surface area contributed by atoms with Crippen LogP contribution in [0.5, 0.6) is 0 Å². The SMILES string of the molecule is CCOC(=O)c1cn(CC(F)(F)F)cc(-c2ccc(F)cc2)c1=O. The molecule has 0 spiro atoms. The summed E-state index contributed by atoms with van der Waals surface area (Å²) in [4.78, 5) is 24.2. The number of halogens is 4. The molecule has 0 aliphatic carbocycles. The molecule has 0 unspecified atom stereocenters. The van der Waals surface area contributed by atoms with Crippen LogP contribution in [0.3, 0.4) is 0 Å². The molecule has 0 saturated heterocycles. The molecule has 2 rings (SSSR count). The van der Waals surface area contributed by atoms with E-state index >= 15 is 0 Å². The van der Waals surface area contributed by atoms with Crippen LogP contribution in [-0.2, 0) is 11.3 Å². The lowest BCUT2D eigenvalue weighted by molar-refractivity contribution is -0.140. The highest BCUT2D eigenvalue weighted by Gasteiger charge is 2.29. The molecule has 0 amide bonds. The Morgan fingerprint density at radius 3 is 2.33 bits per heavy atom. The summed E-state index contributed by atoms with van der Waals surface area (Å²) in [6, 6.07) is 4.64.